The van der Waals surface area contributed by atoms with Crippen molar-refractivity contribution in [1.82, 2.24) is 0 Å². The maximum absolute atomic E-state index is 14.2. The number of hydrogen-bond acceptors (Lipinski definition) is 7. The molecule has 0 amide bonds. The van der Waals surface area contributed by atoms with E-state index in [2.05, 4.69) is 5.16 Å². The number of thioether (sulfide) groups is 1. The summed E-state index contributed by atoms with van der Waals surface area (Å²) in [6, 6.07) is 30.3. The normalized spacial score (nSPS) is 11.6. The van der Waals surface area contributed by atoms with E-state index in [4.69, 9.17) is 9.36 Å². The van der Waals surface area contributed by atoms with E-state index in [1.807, 2.05) is 6.26 Å². The molecule has 4 aromatic rings. The lowest BCUT2D eigenvalue weighted by Crippen LogP contribution is -2.26. The van der Waals surface area contributed by atoms with Gasteiger partial charge in [0, 0.05) is 16.0 Å². The summed E-state index contributed by atoms with van der Waals surface area (Å²) in [4.78, 5) is 28.0. The Morgan fingerprint density at radius 1 is 0.703 bits per heavy atom. The minimum Gasteiger partial charge on any atom is -0.497 e. The molecular formula is C29H24NO5PS. The Bertz CT molecular complexity index is 1350. The zero-order valence-corrected chi connectivity index (χ0v) is 21.9. The molecule has 0 unspecified atom stereocenters. The number of carbonyl (C=O) groups excluding carboxylic acids is 2. The van der Waals surface area contributed by atoms with Gasteiger partial charge in [-0.15, -0.1) is 11.8 Å². The predicted molar refractivity (Wildman–Crippen MR) is 148 cm³/mol. The number of methoxy groups -OCH3 is 1. The molecule has 0 spiro atoms. The highest BCUT2D eigenvalue weighted by atomic mass is 32.2. The average Bonchev–Trinajstić information content (AvgIpc) is 2.97. The molecule has 0 aliphatic rings. The molecule has 0 bridgehead atoms. The van der Waals surface area contributed by atoms with Gasteiger partial charge in [-0.1, -0.05) is 41.6 Å². The maximum Gasteiger partial charge on any atom is 0.330 e. The second-order valence-corrected chi connectivity index (χ2v) is 11.0. The van der Waals surface area contributed by atoms with Crippen LogP contribution in [0.15, 0.2) is 119 Å². The van der Waals surface area contributed by atoms with Crippen LogP contribution in [0.5, 0.6) is 5.75 Å². The minimum atomic E-state index is -3.78. The van der Waals surface area contributed by atoms with Gasteiger partial charge in [0.05, 0.1) is 17.7 Å². The molecule has 4 rings (SSSR count). The molecule has 0 saturated heterocycles. The average molecular weight is 530 g/mol. The van der Waals surface area contributed by atoms with Crippen LogP contribution in [0, 0.1) is 0 Å². The van der Waals surface area contributed by atoms with E-state index < -0.39 is 24.6 Å². The third-order valence-corrected chi connectivity index (χ3v) is 8.59. The first-order valence-electron chi connectivity index (χ1n) is 11.3. The van der Waals surface area contributed by atoms with Gasteiger partial charge < -0.3 is 9.36 Å². The largest absolute Gasteiger partial charge is 0.497 e. The third kappa shape index (κ3) is 5.91. The molecule has 0 atom stereocenters. The van der Waals surface area contributed by atoms with Gasteiger partial charge in [-0.3, -0.25) is 14.2 Å². The van der Waals surface area contributed by atoms with Gasteiger partial charge in [0.2, 0.25) is 11.6 Å². The second-order valence-electron chi connectivity index (χ2n) is 7.86. The number of rotatable bonds is 10. The van der Waals surface area contributed by atoms with Crippen molar-refractivity contribution in [2.24, 2.45) is 5.16 Å². The molecule has 0 heterocycles. The number of Topliss-reactive ketones (excluding diaryl/α,β-unsaturated/α-hetero) is 2. The smallest absolute Gasteiger partial charge is 0.330 e. The van der Waals surface area contributed by atoms with Gasteiger partial charge in [0.1, 0.15) is 5.75 Å². The summed E-state index contributed by atoms with van der Waals surface area (Å²) in [5.74, 6) is -0.738. The fourth-order valence-corrected chi connectivity index (χ4v) is 5.76. The van der Waals surface area contributed by atoms with Crippen LogP contribution in [-0.4, -0.2) is 30.6 Å². The molecule has 8 heteroatoms. The molecule has 6 nitrogen and oxygen atoms in total. The predicted octanol–water partition coefficient (Wildman–Crippen LogP) is 5.78. The molecule has 0 aromatic heterocycles. The molecule has 0 fully saturated rings. The first-order chi connectivity index (χ1) is 18.0. The Hall–Kier alpha value is -3.93. The van der Waals surface area contributed by atoms with Gasteiger partial charge in [-0.2, -0.15) is 0 Å². The molecule has 37 heavy (non-hydrogen) atoms. The van der Waals surface area contributed by atoms with E-state index in [9.17, 15) is 14.2 Å². The summed E-state index contributed by atoms with van der Waals surface area (Å²) >= 11 is 1.53. The van der Waals surface area contributed by atoms with Crippen molar-refractivity contribution < 1.29 is 23.5 Å². The van der Waals surface area contributed by atoms with Crippen LogP contribution in [0.4, 0.5) is 0 Å². The van der Waals surface area contributed by atoms with E-state index in [1.165, 1.54) is 31.0 Å². The molecule has 0 aliphatic heterocycles. The first-order valence-corrected chi connectivity index (χ1v) is 14.2. The van der Waals surface area contributed by atoms with E-state index in [0.29, 0.717) is 16.4 Å². The van der Waals surface area contributed by atoms with Crippen molar-refractivity contribution in [1.29, 1.82) is 0 Å². The monoisotopic (exact) mass is 529 g/mol. The van der Waals surface area contributed by atoms with Crippen LogP contribution in [0.2, 0.25) is 0 Å². The summed E-state index contributed by atoms with van der Waals surface area (Å²) in [5.41, 5.74) is -0.00286. The van der Waals surface area contributed by atoms with Gasteiger partial charge in [-0.05, 0) is 79.1 Å². The zero-order valence-electron chi connectivity index (χ0n) is 20.2. The Balaban J connectivity index is 1.80. The molecule has 186 valence electrons. The Morgan fingerprint density at radius 2 is 1.16 bits per heavy atom. The molecule has 0 radical (unpaired) electrons. The van der Waals surface area contributed by atoms with Crippen molar-refractivity contribution in [2.75, 3.05) is 13.4 Å². The van der Waals surface area contributed by atoms with E-state index in [-0.39, 0.29) is 11.1 Å². The molecular weight excluding hydrogens is 505 g/mol. The van der Waals surface area contributed by atoms with Crippen LogP contribution in [0.25, 0.3) is 0 Å². The van der Waals surface area contributed by atoms with E-state index in [1.54, 1.807) is 97.1 Å². The minimum absolute atomic E-state index is 0.214. The molecule has 4 aromatic carbocycles. The van der Waals surface area contributed by atoms with Crippen molar-refractivity contribution >= 4 is 47.0 Å². The highest BCUT2D eigenvalue weighted by Gasteiger charge is 2.32. The lowest BCUT2D eigenvalue weighted by atomic mass is 9.99. The van der Waals surface area contributed by atoms with Crippen LogP contribution in [0.3, 0.4) is 0 Å². The Kier molecular flexibility index (Phi) is 8.39. The van der Waals surface area contributed by atoms with Gasteiger partial charge >= 0.3 is 7.37 Å². The Morgan fingerprint density at radius 3 is 1.59 bits per heavy atom. The fourth-order valence-electron chi connectivity index (χ4n) is 3.53. The van der Waals surface area contributed by atoms with Crippen molar-refractivity contribution in [2.45, 2.75) is 4.90 Å². The van der Waals surface area contributed by atoms with Crippen molar-refractivity contribution in [3.05, 3.63) is 120 Å². The SMILES string of the molecule is COc1ccc(C(=O)C(=NOP(=O)(c2ccccc2)c2ccccc2)C(=O)c2ccc(SC)cc2)cc1. The third-order valence-electron chi connectivity index (χ3n) is 5.57. The number of ether oxygens (including phenoxy) is 1. The molecule has 0 aliphatic carbocycles. The second kappa shape index (κ2) is 11.9. The topological polar surface area (TPSA) is 82.0 Å². The number of benzene rings is 4. The van der Waals surface area contributed by atoms with Crippen LogP contribution >= 0.6 is 19.1 Å². The number of carbonyl (C=O) groups is 2. The lowest BCUT2D eigenvalue weighted by molar-refractivity contribution is 0.101. The highest BCUT2D eigenvalue weighted by molar-refractivity contribution is 7.98. The van der Waals surface area contributed by atoms with Crippen LogP contribution in [0.1, 0.15) is 20.7 Å². The van der Waals surface area contributed by atoms with Crippen LogP contribution in [-0.2, 0) is 9.19 Å². The maximum atomic E-state index is 14.2. The number of hydrogen-bond donors (Lipinski definition) is 0. The van der Waals surface area contributed by atoms with Gasteiger partial charge in [-0.25, -0.2) is 0 Å². The van der Waals surface area contributed by atoms with Gasteiger partial charge in [0.25, 0.3) is 0 Å². The lowest BCUT2D eigenvalue weighted by Gasteiger charge is -2.17. The van der Waals surface area contributed by atoms with E-state index >= 15 is 0 Å². The summed E-state index contributed by atoms with van der Waals surface area (Å²) in [6.45, 7) is 0. The van der Waals surface area contributed by atoms with Crippen LogP contribution < -0.4 is 15.3 Å². The number of oxime groups is 1. The summed E-state index contributed by atoms with van der Waals surface area (Å²) in [7, 11) is -2.26. The highest BCUT2D eigenvalue weighted by Crippen LogP contribution is 2.45. The van der Waals surface area contributed by atoms with E-state index in [0.717, 1.165) is 4.90 Å². The summed E-state index contributed by atoms with van der Waals surface area (Å²) in [5, 5.41) is 4.78. The number of nitrogens with zero attached hydrogens (tertiary/aromatic N) is 1. The Labute approximate surface area is 219 Å². The van der Waals surface area contributed by atoms with Gasteiger partial charge in [0.15, 0.2) is 5.71 Å². The molecule has 0 saturated carbocycles. The first kappa shape index (κ1) is 26.1. The van der Waals surface area contributed by atoms with Crippen molar-refractivity contribution in [3.8, 4) is 5.75 Å². The quantitative estimate of drug-likeness (QED) is 0.0647. The molecule has 0 N–H and O–H groups in total. The summed E-state index contributed by atoms with van der Waals surface area (Å²) < 4.78 is 25.1. The fraction of sp³-hybridized carbons (Fsp3) is 0.0690. The summed E-state index contributed by atoms with van der Waals surface area (Å²) in [6.07, 6.45) is 1.93. The van der Waals surface area contributed by atoms with Crippen molar-refractivity contribution in [3.63, 3.8) is 0 Å². The zero-order chi connectivity index (χ0) is 26.3. The standard InChI is InChI=1S/C29H24NO5PS/c1-34-23-17-13-21(14-18-23)28(31)27(29(32)22-15-19-26(37-2)20-16-22)30-35-36(33,24-9-5-3-6-10-24)25-11-7-4-8-12-25/h3-20H,1-2H3. The number of ketones is 2.